The quantitative estimate of drug-likeness (QED) is 0.207. The maximum absolute atomic E-state index is 11.4. The zero-order chi connectivity index (χ0) is 29.7. The van der Waals surface area contributed by atoms with Crippen LogP contribution in [0.15, 0.2) is 46.4 Å². The first-order chi connectivity index (χ1) is 17.6. The first-order valence-corrected chi connectivity index (χ1v) is 13.4. The van der Waals surface area contributed by atoms with E-state index in [-0.39, 0.29) is 45.6 Å². The number of hydrogen-bond donors (Lipinski definition) is 0. The second-order valence-electron chi connectivity index (χ2n) is 8.02. The summed E-state index contributed by atoms with van der Waals surface area (Å²) in [4.78, 5) is 30.3. The Kier molecular flexibility index (Phi) is 31.9. The predicted molar refractivity (Wildman–Crippen MR) is 161 cm³/mol. The number of rotatable bonds is 8. The number of carboxylic acids is 2. The van der Waals surface area contributed by atoms with Gasteiger partial charge in [0.25, 0.3) is 0 Å². The molecule has 0 saturated heterocycles. The van der Waals surface area contributed by atoms with E-state index in [9.17, 15) is 10.2 Å². The molecule has 2 aromatic rings. The van der Waals surface area contributed by atoms with E-state index < -0.39 is 11.9 Å². The number of aliphatic imine (C=N–C) groups is 2. The van der Waals surface area contributed by atoms with Crippen LogP contribution in [-0.4, -0.2) is 88.5 Å². The van der Waals surface area contributed by atoms with Crippen molar-refractivity contribution in [1.82, 2.24) is 9.80 Å². The summed E-state index contributed by atoms with van der Waals surface area (Å²) in [7, 11) is 8.00. The molecule has 0 aliphatic carbocycles. The van der Waals surface area contributed by atoms with Crippen molar-refractivity contribution < 1.29 is 64.2 Å². The number of benzene rings is 2. The summed E-state index contributed by atoms with van der Waals surface area (Å²) in [5, 5.41) is 40.6. The Bertz CT molecular complexity index is 953. The molecule has 230 valence electrons. The number of hydrogen-bond acceptors (Lipinski definition) is 10. The first kappa shape index (κ1) is 45.7. The second kappa shape index (κ2) is 27.9. The van der Waals surface area contributed by atoms with Gasteiger partial charge in [-0.1, -0.05) is 23.6 Å². The van der Waals surface area contributed by atoms with E-state index in [0.29, 0.717) is 11.1 Å². The molecule has 2 aromatic carbocycles. The second-order valence-corrected chi connectivity index (χ2v) is 10.5. The predicted octanol–water partition coefficient (Wildman–Crippen LogP) is 0.198. The molecule has 0 N–H and O–H groups in total. The van der Waals surface area contributed by atoms with Gasteiger partial charge in [0.15, 0.2) is 0 Å². The average Bonchev–Trinajstić information content (AvgIpc) is 2.78. The van der Waals surface area contributed by atoms with E-state index in [1.807, 2.05) is 40.3 Å². The van der Waals surface area contributed by atoms with E-state index >= 15 is 0 Å². The fourth-order valence-electron chi connectivity index (χ4n) is 2.08. The van der Waals surface area contributed by atoms with Gasteiger partial charge in [-0.05, 0) is 123 Å². The molecule has 0 bridgehead atoms. The molecule has 0 atom stereocenters. The van der Waals surface area contributed by atoms with Crippen molar-refractivity contribution >= 4 is 69.5 Å². The molecule has 0 heterocycles. The zero-order valence-electron chi connectivity index (χ0n) is 23.0. The molecule has 0 unspecified atom stereocenters. The summed E-state index contributed by atoms with van der Waals surface area (Å²) in [6, 6.07) is 10.5. The van der Waals surface area contributed by atoms with E-state index in [0.717, 1.165) is 47.2 Å². The SMILES string of the molecule is CC(=O)[O-].CC(=O)[O-].CN(C)CCN=Cc1cc(I)ccc1[O-].CN(C)CCN=Cc1cc(I)ccc1[O-].[Cu+2].[Cu+2]. The van der Waals surface area contributed by atoms with Crippen LogP contribution < -0.4 is 20.4 Å². The summed E-state index contributed by atoms with van der Waals surface area (Å²) in [5.74, 6) is -2.10. The minimum absolute atomic E-state index is 0. The van der Waals surface area contributed by atoms with Crippen molar-refractivity contribution in [1.29, 1.82) is 0 Å². The first-order valence-electron chi connectivity index (χ1n) is 11.2. The Morgan fingerprint density at radius 3 is 1.25 bits per heavy atom. The molecule has 0 spiro atoms. The molecule has 2 radical (unpaired) electrons. The minimum Gasteiger partial charge on any atom is -0.872 e. The number of aliphatic carboxylic acids is 2. The number of halogens is 2. The van der Waals surface area contributed by atoms with Gasteiger partial charge in [-0.25, -0.2) is 0 Å². The smallest absolute Gasteiger partial charge is 0.872 e. The topological polar surface area (TPSA) is 158 Å². The van der Waals surface area contributed by atoms with Crippen molar-refractivity contribution in [3.05, 3.63) is 54.7 Å². The third-order valence-electron chi connectivity index (χ3n) is 3.76. The number of nitrogens with zero attached hydrogens (tertiary/aromatic N) is 4. The largest absolute Gasteiger partial charge is 2.00 e. The van der Waals surface area contributed by atoms with Crippen molar-refractivity contribution in [2.45, 2.75) is 13.8 Å². The number of carbonyl (C=O) groups excluding carboxylic acids is 2. The molecule has 0 saturated carbocycles. The van der Waals surface area contributed by atoms with Crippen LogP contribution in [0.5, 0.6) is 11.5 Å². The Hall–Kier alpha value is -1.26. The standard InChI is InChI=1S/2C11H15IN2O.2C2H4O2.2Cu/c2*1-14(2)6-5-13-8-9-7-10(12)3-4-11(9)15;2*1-2(3)4;;/h2*3-4,7-8,15H,5-6H2,1-2H3;2*1H3,(H,3,4);;/q;;;;2*+2/p-4. The molecule has 0 aliphatic rings. The zero-order valence-corrected chi connectivity index (χ0v) is 29.2. The van der Waals surface area contributed by atoms with E-state index in [4.69, 9.17) is 19.8 Å². The van der Waals surface area contributed by atoms with Crippen molar-refractivity contribution in [3.63, 3.8) is 0 Å². The Labute approximate surface area is 285 Å². The molecule has 0 aromatic heterocycles. The van der Waals surface area contributed by atoms with Gasteiger partial charge in [0.05, 0.1) is 13.1 Å². The van der Waals surface area contributed by atoms with Gasteiger partial charge in [0.2, 0.25) is 0 Å². The van der Waals surface area contributed by atoms with E-state index in [2.05, 4.69) is 65.0 Å². The fourth-order valence-corrected chi connectivity index (χ4v) is 3.11. The maximum Gasteiger partial charge on any atom is 2.00 e. The Morgan fingerprint density at radius 1 is 0.725 bits per heavy atom. The molecule has 10 nitrogen and oxygen atoms in total. The molecule has 0 amide bonds. The molecule has 40 heavy (non-hydrogen) atoms. The van der Waals surface area contributed by atoms with Crippen LogP contribution in [-0.2, 0) is 43.7 Å². The fraction of sp³-hybridized carbons (Fsp3) is 0.385. The van der Waals surface area contributed by atoms with Crippen molar-refractivity contribution in [3.8, 4) is 11.5 Å². The van der Waals surface area contributed by atoms with Gasteiger partial charge in [0.1, 0.15) is 0 Å². The third kappa shape index (κ3) is 31.3. The van der Waals surface area contributed by atoms with Gasteiger partial charge < -0.3 is 39.8 Å². The number of carboxylic acid groups (broad SMARTS) is 2. The maximum atomic E-state index is 11.4. The van der Waals surface area contributed by atoms with Crippen LogP contribution >= 0.6 is 45.2 Å². The summed E-state index contributed by atoms with van der Waals surface area (Å²) in [6.45, 7) is 5.18. The van der Waals surface area contributed by atoms with Crippen LogP contribution in [0.25, 0.3) is 0 Å². The van der Waals surface area contributed by atoms with Gasteiger partial charge in [0, 0.05) is 44.6 Å². The van der Waals surface area contributed by atoms with Crippen LogP contribution in [0, 0.1) is 7.14 Å². The van der Waals surface area contributed by atoms with Crippen molar-refractivity contribution in [2.24, 2.45) is 9.98 Å². The van der Waals surface area contributed by atoms with Crippen molar-refractivity contribution in [2.75, 3.05) is 54.4 Å². The molecular weight excluding hydrogens is 845 g/mol. The average molecular weight is 879 g/mol. The van der Waals surface area contributed by atoms with Gasteiger partial charge in [-0.2, -0.15) is 0 Å². The monoisotopic (exact) mass is 878 g/mol. The molecule has 0 fully saturated rings. The van der Waals surface area contributed by atoms with Gasteiger partial charge >= 0.3 is 34.1 Å². The molecule has 2 rings (SSSR count). The third-order valence-corrected chi connectivity index (χ3v) is 5.10. The summed E-state index contributed by atoms with van der Waals surface area (Å²) in [5.41, 5.74) is 1.33. The Morgan fingerprint density at radius 2 is 1.00 bits per heavy atom. The summed E-state index contributed by atoms with van der Waals surface area (Å²) in [6.07, 6.45) is 3.32. The van der Waals surface area contributed by atoms with Crippen LogP contribution in [0.4, 0.5) is 0 Å². The number of carbonyl (C=O) groups is 2. The molecular formula is C26H34Cu2I2N4O6. The van der Waals surface area contributed by atoms with Crippen LogP contribution in [0.2, 0.25) is 0 Å². The number of likely N-dealkylation sites (N-methyl/N-ethyl adjacent to an activating group) is 2. The van der Waals surface area contributed by atoms with Gasteiger partial charge in [-0.15, -0.1) is 0 Å². The normalized spacial score (nSPS) is 9.85. The van der Waals surface area contributed by atoms with Gasteiger partial charge in [-0.3, -0.25) is 9.98 Å². The Balaban J connectivity index is -0.000000246. The summed E-state index contributed by atoms with van der Waals surface area (Å²) >= 11 is 4.37. The van der Waals surface area contributed by atoms with E-state index in [1.54, 1.807) is 36.7 Å². The van der Waals surface area contributed by atoms with Crippen LogP contribution in [0.1, 0.15) is 25.0 Å². The van der Waals surface area contributed by atoms with E-state index in [1.165, 1.54) is 0 Å². The van der Waals surface area contributed by atoms with Crippen LogP contribution in [0.3, 0.4) is 0 Å². The minimum atomic E-state index is -1.08. The summed E-state index contributed by atoms with van der Waals surface area (Å²) < 4.78 is 2.11. The molecule has 0 aliphatic heterocycles. The molecule has 14 heteroatoms.